The summed E-state index contributed by atoms with van der Waals surface area (Å²) >= 11 is 0. The number of hydrogen-bond acceptors (Lipinski definition) is 4. The van der Waals surface area contributed by atoms with E-state index in [1.807, 2.05) is 6.20 Å². The van der Waals surface area contributed by atoms with Crippen molar-refractivity contribution in [1.82, 2.24) is 14.9 Å². The molecule has 2 aliphatic rings. The zero-order chi connectivity index (χ0) is 11.8. The Kier molecular flexibility index (Phi) is 2.84. The Morgan fingerprint density at radius 3 is 2.82 bits per heavy atom. The third-order valence-electron chi connectivity index (χ3n) is 4.05. The first-order valence-corrected chi connectivity index (χ1v) is 6.49. The summed E-state index contributed by atoms with van der Waals surface area (Å²) in [5, 5.41) is 0. The summed E-state index contributed by atoms with van der Waals surface area (Å²) in [4.78, 5) is 11.5. The maximum Gasteiger partial charge on any atom is 0.131 e. The highest BCUT2D eigenvalue weighted by Gasteiger charge is 2.30. The molecular formula is C13H20N4. The lowest BCUT2D eigenvalue weighted by molar-refractivity contribution is 0.337. The molecule has 1 aromatic rings. The molecule has 0 radical (unpaired) electrons. The van der Waals surface area contributed by atoms with Gasteiger partial charge in [0.1, 0.15) is 5.82 Å². The van der Waals surface area contributed by atoms with Crippen LogP contribution in [0.2, 0.25) is 0 Å². The SMILES string of the molecule is CN1CCC(c2ccnc(C3CC(N)C3)n2)C1. The Balaban J connectivity index is 1.75. The average molecular weight is 232 g/mol. The standard InChI is InChI=1S/C13H20N4/c1-17-5-3-9(8-17)12-2-4-15-13(16-12)10-6-11(14)7-10/h2,4,9-11H,3,5-8,14H2,1H3. The van der Waals surface area contributed by atoms with Crippen molar-refractivity contribution in [1.29, 1.82) is 0 Å². The molecule has 0 aromatic carbocycles. The van der Waals surface area contributed by atoms with Gasteiger partial charge in [-0.05, 0) is 38.9 Å². The van der Waals surface area contributed by atoms with Gasteiger partial charge in [0, 0.05) is 36.3 Å². The lowest BCUT2D eigenvalue weighted by Gasteiger charge is -2.31. The van der Waals surface area contributed by atoms with Gasteiger partial charge in [-0.2, -0.15) is 0 Å². The minimum Gasteiger partial charge on any atom is -0.328 e. The molecule has 0 bridgehead atoms. The Hall–Kier alpha value is -1.00. The summed E-state index contributed by atoms with van der Waals surface area (Å²) < 4.78 is 0. The Morgan fingerprint density at radius 2 is 2.18 bits per heavy atom. The second-order valence-corrected chi connectivity index (χ2v) is 5.52. The molecule has 4 heteroatoms. The van der Waals surface area contributed by atoms with Gasteiger partial charge < -0.3 is 10.6 Å². The van der Waals surface area contributed by atoms with Gasteiger partial charge in [-0.25, -0.2) is 9.97 Å². The van der Waals surface area contributed by atoms with Gasteiger partial charge in [0.2, 0.25) is 0 Å². The Bertz CT molecular complexity index is 400. The van der Waals surface area contributed by atoms with E-state index in [9.17, 15) is 0 Å². The lowest BCUT2D eigenvalue weighted by Crippen LogP contribution is -2.35. The number of aromatic nitrogens is 2. The van der Waals surface area contributed by atoms with E-state index in [0.717, 1.165) is 25.2 Å². The molecule has 0 spiro atoms. The molecule has 92 valence electrons. The second kappa shape index (κ2) is 4.35. The number of nitrogens with zero attached hydrogens (tertiary/aromatic N) is 3. The normalized spacial score (nSPS) is 33.6. The van der Waals surface area contributed by atoms with Gasteiger partial charge >= 0.3 is 0 Å². The molecule has 1 aromatic heterocycles. The molecule has 1 saturated carbocycles. The van der Waals surface area contributed by atoms with Crippen LogP contribution in [-0.2, 0) is 0 Å². The van der Waals surface area contributed by atoms with Crippen molar-refractivity contribution in [3.63, 3.8) is 0 Å². The topological polar surface area (TPSA) is 55.0 Å². The number of rotatable bonds is 2. The van der Waals surface area contributed by atoms with Crippen LogP contribution in [0.15, 0.2) is 12.3 Å². The van der Waals surface area contributed by atoms with Crippen molar-refractivity contribution in [2.75, 3.05) is 20.1 Å². The zero-order valence-electron chi connectivity index (χ0n) is 10.3. The molecule has 3 rings (SSSR count). The third-order valence-corrected chi connectivity index (χ3v) is 4.05. The van der Waals surface area contributed by atoms with E-state index in [1.54, 1.807) is 0 Å². The van der Waals surface area contributed by atoms with Gasteiger partial charge in [-0.15, -0.1) is 0 Å². The number of hydrogen-bond donors (Lipinski definition) is 1. The largest absolute Gasteiger partial charge is 0.328 e. The first-order valence-electron chi connectivity index (χ1n) is 6.49. The van der Waals surface area contributed by atoms with E-state index in [4.69, 9.17) is 10.7 Å². The second-order valence-electron chi connectivity index (χ2n) is 5.52. The fourth-order valence-electron chi connectivity index (χ4n) is 2.86. The van der Waals surface area contributed by atoms with Crippen molar-refractivity contribution < 1.29 is 0 Å². The summed E-state index contributed by atoms with van der Waals surface area (Å²) in [6, 6.07) is 2.44. The highest BCUT2D eigenvalue weighted by molar-refractivity contribution is 5.14. The van der Waals surface area contributed by atoms with Crippen molar-refractivity contribution >= 4 is 0 Å². The van der Waals surface area contributed by atoms with E-state index in [-0.39, 0.29) is 0 Å². The predicted molar refractivity (Wildman–Crippen MR) is 66.8 cm³/mol. The summed E-state index contributed by atoms with van der Waals surface area (Å²) in [5.41, 5.74) is 7.04. The van der Waals surface area contributed by atoms with E-state index in [1.165, 1.54) is 18.7 Å². The molecule has 2 fully saturated rings. The minimum absolute atomic E-state index is 0.366. The molecule has 2 heterocycles. The first kappa shape index (κ1) is 11.1. The summed E-state index contributed by atoms with van der Waals surface area (Å²) in [6.45, 7) is 2.30. The van der Waals surface area contributed by atoms with E-state index < -0.39 is 0 Å². The molecule has 1 atom stereocenters. The minimum atomic E-state index is 0.366. The van der Waals surface area contributed by atoms with Crippen LogP contribution < -0.4 is 5.73 Å². The maximum atomic E-state index is 5.82. The Morgan fingerprint density at radius 1 is 1.35 bits per heavy atom. The lowest BCUT2D eigenvalue weighted by atomic mass is 9.80. The number of nitrogens with two attached hydrogens (primary N) is 1. The van der Waals surface area contributed by atoms with Crippen LogP contribution in [0.25, 0.3) is 0 Å². The monoisotopic (exact) mass is 232 g/mol. The first-order chi connectivity index (χ1) is 8.22. The van der Waals surface area contributed by atoms with Crippen LogP contribution >= 0.6 is 0 Å². The maximum absolute atomic E-state index is 5.82. The fraction of sp³-hybridized carbons (Fsp3) is 0.692. The fourth-order valence-corrected chi connectivity index (χ4v) is 2.86. The van der Waals surface area contributed by atoms with Gasteiger partial charge in [0.05, 0.1) is 0 Å². The van der Waals surface area contributed by atoms with Gasteiger partial charge in [0.15, 0.2) is 0 Å². The van der Waals surface area contributed by atoms with Crippen LogP contribution in [0.4, 0.5) is 0 Å². The average Bonchev–Trinajstić information content (AvgIpc) is 2.72. The number of likely N-dealkylation sites (N-methyl/N-ethyl adjacent to an activating group) is 1. The van der Waals surface area contributed by atoms with Crippen LogP contribution in [-0.4, -0.2) is 41.0 Å². The molecule has 1 aliphatic heterocycles. The van der Waals surface area contributed by atoms with Crippen LogP contribution in [0.5, 0.6) is 0 Å². The molecule has 0 amide bonds. The van der Waals surface area contributed by atoms with E-state index in [0.29, 0.717) is 17.9 Å². The Labute approximate surface area is 102 Å². The molecular weight excluding hydrogens is 212 g/mol. The van der Waals surface area contributed by atoms with Crippen molar-refractivity contribution in [3.05, 3.63) is 23.8 Å². The third kappa shape index (κ3) is 2.19. The molecule has 1 aliphatic carbocycles. The zero-order valence-corrected chi connectivity index (χ0v) is 10.3. The summed E-state index contributed by atoms with van der Waals surface area (Å²) in [6.07, 6.45) is 5.24. The summed E-state index contributed by atoms with van der Waals surface area (Å²) in [5.74, 6) is 2.11. The smallest absolute Gasteiger partial charge is 0.131 e. The molecule has 2 N–H and O–H groups in total. The molecule has 17 heavy (non-hydrogen) atoms. The van der Waals surface area contributed by atoms with Gasteiger partial charge in [-0.3, -0.25) is 0 Å². The van der Waals surface area contributed by atoms with E-state index >= 15 is 0 Å². The molecule has 1 unspecified atom stereocenters. The van der Waals surface area contributed by atoms with Crippen LogP contribution in [0.3, 0.4) is 0 Å². The number of likely N-dealkylation sites (tertiary alicyclic amines) is 1. The molecule has 4 nitrogen and oxygen atoms in total. The highest BCUT2D eigenvalue weighted by atomic mass is 15.1. The van der Waals surface area contributed by atoms with Gasteiger partial charge in [0.25, 0.3) is 0 Å². The van der Waals surface area contributed by atoms with Gasteiger partial charge in [-0.1, -0.05) is 0 Å². The van der Waals surface area contributed by atoms with Crippen molar-refractivity contribution in [2.24, 2.45) is 5.73 Å². The quantitative estimate of drug-likeness (QED) is 0.829. The van der Waals surface area contributed by atoms with Crippen molar-refractivity contribution in [3.8, 4) is 0 Å². The predicted octanol–water partition coefficient (Wildman–Crippen LogP) is 1.10. The molecule has 1 saturated heterocycles. The van der Waals surface area contributed by atoms with E-state index in [2.05, 4.69) is 23.0 Å². The highest BCUT2D eigenvalue weighted by Crippen LogP contribution is 2.34. The van der Waals surface area contributed by atoms with Crippen LogP contribution in [0.1, 0.15) is 42.6 Å². The van der Waals surface area contributed by atoms with Crippen LogP contribution in [0, 0.1) is 0 Å². The summed E-state index contributed by atoms with van der Waals surface area (Å²) in [7, 11) is 2.17. The van der Waals surface area contributed by atoms with Crippen molar-refractivity contribution in [2.45, 2.75) is 37.1 Å².